The summed E-state index contributed by atoms with van der Waals surface area (Å²) in [6.07, 6.45) is 4.28. The number of nitrogens with zero attached hydrogens (tertiary/aromatic N) is 1. The first-order valence-corrected chi connectivity index (χ1v) is 6.03. The SMILES string of the molecule is O=C(O)c1cnoc1C1CCCc2ccccc21. The van der Waals surface area contributed by atoms with Gasteiger partial charge in [-0.2, -0.15) is 0 Å². The first-order chi connectivity index (χ1) is 8.77. The van der Waals surface area contributed by atoms with Crippen LogP contribution in [0, 0.1) is 0 Å². The van der Waals surface area contributed by atoms with E-state index < -0.39 is 5.97 Å². The summed E-state index contributed by atoms with van der Waals surface area (Å²) in [4.78, 5) is 11.1. The molecule has 0 saturated heterocycles. The molecule has 1 aliphatic carbocycles. The fourth-order valence-corrected chi connectivity index (χ4v) is 2.69. The number of carboxylic acid groups (broad SMARTS) is 1. The lowest BCUT2D eigenvalue weighted by atomic mass is 9.80. The lowest BCUT2D eigenvalue weighted by Crippen LogP contribution is -2.13. The third-order valence-electron chi connectivity index (χ3n) is 3.51. The minimum absolute atomic E-state index is 0.0172. The third kappa shape index (κ3) is 1.70. The molecule has 2 aromatic rings. The summed E-state index contributed by atoms with van der Waals surface area (Å²) in [6.45, 7) is 0. The van der Waals surface area contributed by atoms with Crippen LogP contribution in [0.3, 0.4) is 0 Å². The van der Waals surface area contributed by atoms with Crippen molar-refractivity contribution in [1.29, 1.82) is 0 Å². The number of carboxylic acids is 1. The first-order valence-electron chi connectivity index (χ1n) is 6.03. The van der Waals surface area contributed by atoms with E-state index in [0.29, 0.717) is 5.76 Å². The predicted octanol–water partition coefficient (Wildman–Crippen LogP) is 2.84. The van der Waals surface area contributed by atoms with Crippen LogP contribution >= 0.6 is 0 Å². The zero-order chi connectivity index (χ0) is 12.5. The summed E-state index contributed by atoms with van der Waals surface area (Å²) < 4.78 is 5.19. The molecular weight excluding hydrogens is 230 g/mol. The predicted molar refractivity (Wildman–Crippen MR) is 64.7 cm³/mol. The van der Waals surface area contributed by atoms with Gasteiger partial charge in [-0.3, -0.25) is 0 Å². The van der Waals surface area contributed by atoms with Crippen molar-refractivity contribution in [3.05, 3.63) is 52.9 Å². The molecule has 0 bridgehead atoms. The van der Waals surface area contributed by atoms with Crippen molar-refractivity contribution in [2.75, 3.05) is 0 Å². The Kier molecular flexibility index (Phi) is 2.63. The number of rotatable bonds is 2. The summed E-state index contributed by atoms with van der Waals surface area (Å²) in [5.41, 5.74) is 2.63. The van der Waals surface area contributed by atoms with Crippen molar-refractivity contribution in [2.24, 2.45) is 0 Å². The summed E-state index contributed by atoms with van der Waals surface area (Å²) in [5, 5.41) is 12.8. The van der Waals surface area contributed by atoms with Crippen LogP contribution in [0.1, 0.15) is 46.0 Å². The molecule has 1 unspecified atom stereocenters. The van der Waals surface area contributed by atoms with Crippen LogP contribution in [0.25, 0.3) is 0 Å². The zero-order valence-corrected chi connectivity index (χ0v) is 9.80. The maximum absolute atomic E-state index is 11.1. The molecule has 3 rings (SSSR count). The van der Waals surface area contributed by atoms with Crippen molar-refractivity contribution in [1.82, 2.24) is 5.16 Å². The Labute approximate surface area is 104 Å². The standard InChI is InChI=1S/C14H13NO3/c16-14(17)12-8-15-18-13(12)11-7-3-5-9-4-1-2-6-10(9)11/h1-2,4,6,8,11H,3,5,7H2,(H,16,17). The second kappa shape index (κ2) is 4.29. The smallest absolute Gasteiger partial charge is 0.340 e. The highest BCUT2D eigenvalue weighted by atomic mass is 16.5. The maximum atomic E-state index is 11.1. The monoisotopic (exact) mass is 243 g/mol. The van der Waals surface area contributed by atoms with Crippen molar-refractivity contribution in [3.63, 3.8) is 0 Å². The van der Waals surface area contributed by atoms with E-state index in [1.54, 1.807) is 0 Å². The molecule has 4 nitrogen and oxygen atoms in total. The summed E-state index contributed by atoms with van der Waals surface area (Å²) >= 11 is 0. The van der Waals surface area contributed by atoms with Gasteiger partial charge in [0.2, 0.25) is 0 Å². The molecule has 0 fully saturated rings. The highest BCUT2D eigenvalue weighted by Crippen LogP contribution is 2.37. The molecule has 0 spiro atoms. The fraction of sp³-hybridized carbons (Fsp3) is 0.286. The summed E-state index contributed by atoms with van der Waals surface area (Å²) in [7, 11) is 0. The maximum Gasteiger partial charge on any atom is 0.340 e. The Balaban J connectivity index is 2.08. The fourth-order valence-electron chi connectivity index (χ4n) is 2.69. The van der Waals surface area contributed by atoms with E-state index in [0.717, 1.165) is 19.3 Å². The topological polar surface area (TPSA) is 63.3 Å². The molecule has 1 N–H and O–H groups in total. The number of hydrogen-bond donors (Lipinski definition) is 1. The summed E-state index contributed by atoms with van der Waals surface area (Å²) in [5.74, 6) is -0.479. The van der Waals surface area contributed by atoms with Gasteiger partial charge in [0, 0.05) is 5.92 Å². The van der Waals surface area contributed by atoms with Gasteiger partial charge in [-0.05, 0) is 30.4 Å². The number of fused-ring (bicyclic) bond motifs is 1. The first kappa shape index (κ1) is 11.0. The Hall–Kier alpha value is -2.10. The van der Waals surface area contributed by atoms with Crippen molar-refractivity contribution in [2.45, 2.75) is 25.2 Å². The second-order valence-electron chi connectivity index (χ2n) is 4.55. The highest BCUT2D eigenvalue weighted by Gasteiger charge is 2.29. The number of aromatic carboxylic acids is 1. The van der Waals surface area contributed by atoms with E-state index >= 15 is 0 Å². The van der Waals surface area contributed by atoms with E-state index in [1.807, 2.05) is 18.2 Å². The normalized spacial score (nSPS) is 18.3. The third-order valence-corrected chi connectivity index (χ3v) is 3.51. The Morgan fingerprint density at radius 3 is 3.06 bits per heavy atom. The molecule has 1 aliphatic rings. The van der Waals surface area contributed by atoms with Gasteiger partial charge in [0.05, 0.1) is 6.20 Å². The van der Waals surface area contributed by atoms with E-state index in [4.69, 9.17) is 9.63 Å². The number of carbonyl (C=O) groups is 1. The van der Waals surface area contributed by atoms with Gasteiger partial charge in [-0.25, -0.2) is 4.79 Å². The van der Waals surface area contributed by atoms with Crippen LogP contribution in [0.15, 0.2) is 35.0 Å². The lowest BCUT2D eigenvalue weighted by molar-refractivity contribution is 0.0693. The van der Waals surface area contributed by atoms with Gasteiger partial charge in [0.25, 0.3) is 0 Å². The molecule has 1 heterocycles. The van der Waals surface area contributed by atoms with Crippen LogP contribution in [0.4, 0.5) is 0 Å². The van der Waals surface area contributed by atoms with Crippen LogP contribution in [0.2, 0.25) is 0 Å². The van der Waals surface area contributed by atoms with Gasteiger partial charge in [0.15, 0.2) is 5.76 Å². The van der Waals surface area contributed by atoms with Crippen molar-refractivity contribution >= 4 is 5.97 Å². The van der Waals surface area contributed by atoms with Gasteiger partial charge < -0.3 is 9.63 Å². The van der Waals surface area contributed by atoms with E-state index in [1.165, 1.54) is 17.3 Å². The summed E-state index contributed by atoms with van der Waals surface area (Å²) in [6, 6.07) is 8.14. The van der Waals surface area contributed by atoms with Gasteiger partial charge in [0.1, 0.15) is 5.56 Å². The molecule has 0 saturated carbocycles. The molecule has 1 aromatic carbocycles. The van der Waals surface area contributed by atoms with Crippen LogP contribution < -0.4 is 0 Å². The Morgan fingerprint density at radius 1 is 1.39 bits per heavy atom. The molecule has 92 valence electrons. The van der Waals surface area contributed by atoms with E-state index in [2.05, 4.69) is 11.2 Å². The van der Waals surface area contributed by atoms with Gasteiger partial charge >= 0.3 is 5.97 Å². The van der Waals surface area contributed by atoms with E-state index in [-0.39, 0.29) is 11.5 Å². The minimum Gasteiger partial charge on any atom is -0.478 e. The molecule has 4 heteroatoms. The highest BCUT2D eigenvalue weighted by molar-refractivity contribution is 5.88. The zero-order valence-electron chi connectivity index (χ0n) is 9.80. The molecule has 0 amide bonds. The molecule has 1 atom stereocenters. The molecule has 0 radical (unpaired) electrons. The average molecular weight is 243 g/mol. The Morgan fingerprint density at radius 2 is 2.22 bits per heavy atom. The molecule has 18 heavy (non-hydrogen) atoms. The number of aryl methyl sites for hydroxylation is 1. The van der Waals surface area contributed by atoms with Crippen molar-refractivity contribution < 1.29 is 14.4 Å². The largest absolute Gasteiger partial charge is 0.478 e. The molecular formula is C14H13NO3. The minimum atomic E-state index is -0.977. The van der Waals surface area contributed by atoms with Crippen molar-refractivity contribution in [3.8, 4) is 0 Å². The number of hydrogen-bond acceptors (Lipinski definition) is 3. The van der Waals surface area contributed by atoms with Crippen LogP contribution in [-0.2, 0) is 6.42 Å². The second-order valence-corrected chi connectivity index (χ2v) is 4.55. The van der Waals surface area contributed by atoms with Gasteiger partial charge in [-0.15, -0.1) is 0 Å². The Bertz CT molecular complexity index is 588. The van der Waals surface area contributed by atoms with Gasteiger partial charge in [-0.1, -0.05) is 29.4 Å². The number of aromatic nitrogens is 1. The van der Waals surface area contributed by atoms with E-state index in [9.17, 15) is 4.79 Å². The quantitative estimate of drug-likeness (QED) is 0.880. The lowest BCUT2D eigenvalue weighted by Gasteiger charge is -2.23. The number of benzene rings is 1. The average Bonchev–Trinajstić information content (AvgIpc) is 2.87. The van der Waals surface area contributed by atoms with Crippen LogP contribution in [0.5, 0.6) is 0 Å². The van der Waals surface area contributed by atoms with Crippen LogP contribution in [-0.4, -0.2) is 16.2 Å². The molecule has 1 aromatic heterocycles. The molecule has 0 aliphatic heterocycles.